The lowest BCUT2D eigenvalue weighted by Gasteiger charge is -2.31. The lowest BCUT2D eigenvalue weighted by molar-refractivity contribution is -0.384. The van der Waals surface area contributed by atoms with E-state index in [1.807, 2.05) is 26.0 Å². The third kappa shape index (κ3) is 3.66. The summed E-state index contributed by atoms with van der Waals surface area (Å²) in [4.78, 5) is 38.1. The topological polar surface area (TPSA) is 102 Å². The average Bonchev–Trinajstić information content (AvgIpc) is 2.76. The van der Waals surface area contributed by atoms with Gasteiger partial charge in [-0.25, -0.2) is 0 Å². The average molecular weight is 383 g/mol. The number of nitrogens with zero attached hydrogens (tertiary/aromatic N) is 2. The number of hydrogen-bond donors (Lipinski definition) is 1. The van der Waals surface area contributed by atoms with Crippen LogP contribution in [0.2, 0.25) is 0 Å². The zero-order valence-corrected chi connectivity index (χ0v) is 15.8. The molecular weight excluding hydrogens is 362 g/mol. The number of carbonyl (C=O) groups excluding carboxylic acids is 2. The smallest absolute Gasteiger partial charge is 0.270 e. The van der Waals surface area contributed by atoms with Crippen molar-refractivity contribution in [3.63, 3.8) is 0 Å². The highest BCUT2D eigenvalue weighted by Crippen LogP contribution is 2.30. The van der Waals surface area contributed by atoms with Gasteiger partial charge in [-0.15, -0.1) is 0 Å². The van der Waals surface area contributed by atoms with E-state index in [0.717, 1.165) is 5.56 Å². The Morgan fingerprint density at radius 1 is 1.18 bits per heavy atom. The van der Waals surface area contributed by atoms with Crippen LogP contribution >= 0.6 is 0 Å². The summed E-state index contributed by atoms with van der Waals surface area (Å²) in [7, 11) is 1.57. The van der Waals surface area contributed by atoms with Crippen LogP contribution in [-0.2, 0) is 11.3 Å². The molecular formula is C20H21N3O5. The van der Waals surface area contributed by atoms with Crippen LogP contribution < -0.4 is 10.1 Å². The van der Waals surface area contributed by atoms with E-state index in [1.165, 1.54) is 23.1 Å². The normalized spacial score (nSPS) is 16.4. The highest BCUT2D eigenvalue weighted by atomic mass is 16.6. The first-order chi connectivity index (χ1) is 13.3. The Bertz CT molecular complexity index is 924. The van der Waals surface area contributed by atoms with Gasteiger partial charge in [-0.1, -0.05) is 26.0 Å². The minimum Gasteiger partial charge on any atom is -0.497 e. The Labute approximate surface area is 162 Å². The van der Waals surface area contributed by atoms with E-state index >= 15 is 0 Å². The third-order valence-electron chi connectivity index (χ3n) is 4.71. The molecule has 0 aliphatic carbocycles. The van der Waals surface area contributed by atoms with Crippen LogP contribution in [0, 0.1) is 16.0 Å². The molecule has 1 heterocycles. The molecule has 0 saturated heterocycles. The Morgan fingerprint density at radius 3 is 2.43 bits per heavy atom. The Hall–Kier alpha value is -3.42. The number of nitro benzene ring substituents is 1. The van der Waals surface area contributed by atoms with Crippen molar-refractivity contribution in [3.05, 3.63) is 63.7 Å². The predicted molar refractivity (Wildman–Crippen MR) is 103 cm³/mol. The summed E-state index contributed by atoms with van der Waals surface area (Å²) >= 11 is 0. The van der Waals surface area contributed by atoms with Crippen LogP contribution in [0.3, 0.4) is 0 Å². The van der Waals surface area contributed by atoms with Crippen LogP contribution in [0.1, 0.15) is 29.8 Å². The number of ether oxygens (including phenoxy) is 1. The highest BCUT2D eigenvalue weighted by molar-refractivity contribution is 6.10. The molecule has 0 bridgehead atoms. The molecule has 1 aliphatic rings. The predicted octanol–water partition coefficient (Wildman–Crippen LogP) is 3.22. The van der Waals surface area contributed by atoms with E-state index in [9.17, 15) is 19.7 Å². The van der Waals surface area contributed by atoms with Gasteiger partial charge in [-0.3, -0.25) is 19.7 Å². The fourth-order valence-corrected chi connectivity index (χ4v) is 3.32. The van der Waals surface area contributed by atoms with Gasteiger partial charge in [0.1, 0.15) is 11.8 Å². The third-order valence-corrected chi connectivity index (χ3v) is 4.71. The minimum atomic E-state index is -0.707. The maximum absolute atomic E-state index is 13.3. The van der Waals surface area contributed by atoms with Crippen molar-refractivity contribution in [3.8, 4) is 5.75 Å². The van der Waals surface area contributed by atoms with Gasteiger partial charge in [0.2, 0.25) is 5.91 Å². The highest BCUT2D eigenvalue weighted by Gasteiger charge is 2.37. The maximum atomic E-state index is 13.3. The van der Waals surface area contributed by atoms with Crippen molar-refractivity contribution in [2.45, 2.75) is 26.4 Å². The number of rotatable bonds is 5. The number of hydrogen-bond acceptors (Lipinski definition) is 5. The quantitative estimate of drug-likeness (QED) is 0.631. The fourth-order valence-electron chi connectivity index (χ4n) is 3.32. The van der Waals surface area contributed by atoms with Gasteiger partial charge in [0.15, 0.2) is 0 Å². The molecule has 0 spiro atoms. The second kappa shape index (κ2) is 7.67. The van der Waals surface area contributed by atoms with E-state index in [2.05, 4.69) is 5.32 Å². The summed E-state index contributed by atoms with van der Waals surface area (Å²) in [6, 6.07) is 10.4. The SMILES string of the molecule is COc1ccc(CN2C(=O)c3cc([N+](=O)[O-])ccc3NC(=O)C2C(C)C)cc1. The summed E-state index contributed by atoms with van der Waals surface area (Å²) in [5.74, 6) is -0.201. The largest absolute Gasteiger partial charge is 0.497 e. The van der Waals surface area contributed by atoms with Gasteiger partial charge in [0.05, 0.1) is 23.3 Å². The number of non-ortho nitro benzene ring substituents is 1. The molecule has 8 heteroatoms. The monoisotopic (exact) mass is 383 g/mol. The number of nitro groups is 1. The standard InChI is InChI=1S/C20H21N3O5/c1-12(2)18-19(24)21-17-9-6-14(23(26)27)10-16(17)20(25)22(18)11-13-4-7-15(28-3)8-5-13/h4-10,12,18H,11H2,1-3H3,(H,21,24). The number of fused-ring (bicyclic) bond motifs is 1. The number of carbonyl (C=O) groups is 2. The van der Waals surface area contributed by atoms with Gasteiger partial charge >= 0.3 is 0 Å². The molecule has 2 amide bonds. The lowest BCUT2D eigenvalue weighted by Crippen LogP contribution is -2.47. The first-order valence-electron chi connectivity index (χ1n) is 8.85. The number of benzene rings is 2. The molecule has 2 aromatic rings. The van der Waals surface area contributed by atoms with E-state index in [1.54, 1.807) is 19.2 Å². The summed E-state index contributed by atoms with van der Waals surface area (Å²) in [6.07, 6.45) is 0. The van der Waals surface area contributed by atoms with Crippen molar-refractivity contribution in [1.82, 2.24) is 4.90 Å². The second-order valence-electron chi connectivity index (χ2n) is 6.95. The van der Waals surface area contributed by atoms with E-state index in [0.29, 0.717) is 5.75 Å². The molecule has 1 N–H and O–H groups in total. The van der Waals surface area contributed by atoms with Crippen molar-refractivity contribution < 1.29 is 19.2 Å². The van der Waals surface area contributed by atoms with Crippen molar-refractivity contribution >= 4 is 23.2 Å². The summed E-state index contributed by atoms with van der Waals surface area (Å²) in [5, 5.41) is 13.9. The van der Waals surface area contributed by atoms with Gasteiger partial charge in [-0.05, 0) is 29.7 Å². The molecule has 8 nitrogen and oxygen atoms in total. The number of nitrogens with one attached hydrogen (secondary N) is 1. The molecule has 2 aromatic carbocycles. The van der Waals surface area contributed by atoms with Gasteiger partial charge in [-0.2, -0.15) is 0 Å². The van der Waals surface area contributed by atoms with E-state index in [4.69, 9.17) is 4.74 Å². The molecule has 0 fully saturated rings. The molecule has 146 valence electrons. The number of methoxy groups -OCH3 is 1. The Kier molecular flexibility index (Phi) is 5.30. The molecule has 1 aliphatic heterocycles. The van der Waals surface area contributed by atoms with Crippen molar-refractivity contribution in [1.29, 1.82) is 0 Å². The van der Waals surface area contributed by atoms with Crippen LogP contribution in [0.25, 0.3) is 0 Å². The minimum absolute atomic E-state index is 0.110. The van der Waals surface area contributed by atoms with Crippen molar-refractivity contribution in [2.24, 2.45) is 5.92 Å². The first kappa shape index (κ1) is 19.3. The number of anilines is 1. The number of amides is 2. The molecule has 1 unspecified atom stereocenters. The molecule has 1 atom stereocenters. The lowest BCUT2D eigenvalue weighted by atomic mass is 10.0. The zero-order chi connectivity index (χ0) is 20.4. The van der Waals surface area contributed by atoms with Gasteiger partial charge < -0.3 is 15.0 Å². The van der Waals surface area contributed by atoms with E-state index < -0.39 is 16.9 Å². The van der Waals surface area contributed by atoms with Crippen LogP contribution in [0.15, 0.2) is 42.5 Å². The van der Waals surface area contributed by atoms with Crippen LogP contribution in [-0.4, -0.2) is 34.8 Å². The van der Waals surface area contributed by atoms with Gasteiger partial charge in [0.25, 0.3) is 11.6 Å². The van der Waals surface area contributed by atoms with Crippen LogP contribution in [0.5, 0.6) is 5.75 Å². The zero-order valence-electron chi connectivity index (χ0n) is 15.8. The fraction of sp³-hybridized carbons (Fsp3) is 0.300. The summed E-state index contributed by atoms with van der Waals surface area (Å²) in [5.41, 5.74) is 1.01. The molecule has 0 aromatic heterocycles. The van der Waals surface area contributed by atoms with E-state index in [-0.39, 0.29) is 35.3 Å². The Balaban J connectivity index is 2.04. The van der Waals surface area contributed by atoms with Gasteiger partial charge in [0, 0.05) is 18.7 Å². The van der Waals surface area contributed by atoms with Crippen LogP contribution in [0.4, 0.5) is 11.4 Å². The molecule has 0 saturated carbocycles. The van der Waals surface area contributed by atoms with Crippen molar-refractivity contribution in [2.75, 3.05) is 12.4 Å². The first-order valence-corrected chi connectivity index (χ1v) is 8.85. The molecule has 3 rings (SSSR count). The maximum Gasteiger partial charge on any atom is 0.270 e. The molecule has 0 radical (unpaired) electrons. The second-order valence-corrected chi connectivity index (χ2v) is 6.95. The molecule has 28 heavy (non-hydrogen) atoms. The Morgan fingerprint density at radius 2 is 1.86 bits per heavy atom. The summed E-state index contributed by atoms with van der Waals surface area (Å²) < 4.78 is 5.15. The summed E-state index contributed by atoms with van der Waals surface area (Å²) in [6.45, 7) is 3.91.